The Morgan fingerprint density at radius 3 is 3.05 bits per heavy atom. The Morgan fingerprint density at radius 1 is 1.47 bits per heavy atom. The van der Waals surface area contributed by atoms with E-state index in [9.17, 15) is 4.79 Å². The first-order chi connectivity index (χ1) is 9.16. The maximum absolute atomic E-state index is 12.2. The topological polar surface area (TPSA) is 53.4 Å². The fourth-order valence-electron chi connectivity index (χ4n) is 2.27. The molecule has 19 heavy (non-hydrogen) atoms. The van der Waals surface area contributed by atoms with Gasteiger partial charge in [0.05, 0.1) is 13.1 Å². The molecule has 106 valence electrons. The summed E-state index contributed by atoms with van der Waals surface area (Å²) in [6.45, 7) is 4.73. The van der Waals surface area contributed by atoms with Crippen LogP contribution in [-0.2, 0) is 18.4 Å². The average molecular weight is 265 g/mol. The van der Waals surface area contributed by atoms with Gasteiger partial charge in [-0.05, 0) is 20.0 Å². The van der Waals surface area contributed by atoms with Crippen molar-refractivity contribution in [1.29, 1.82) is 0 Å². The summed E-state index contributed by atoms with van der Waals surface area (Å²) in [5.74, 6) is 1.19. The molecule has 0 saturated carbocycles. The molecule has 6 heteroatoms. The smallest absolute Gasteiger partial charge is 0.236 e. The minimum atomic E-state index is 0.209. The number of nitrogens with one attached hydrogen (secondary N) is 1. The molecule has 0 radical (unpaired) electrons. The summed E-state index contributed by atoms with van der Waals surface area (Å²) in [5, 5.41) is 3.31. The predicted molar refractivity (Wildman–Crippen MR) is 73.6 cm³/mol. The average Bonchev–Trinajstić information content (AvgIpc) is 2.66. The van der Waals surface area contributed by atoms with Crippen LogP contribution in [0, 0.1) is 0 Å². The highest BCUT2D eigenvalue weighted by Gasteiger charge is 2.17. The number of likely N-dealkylation sites (N-methyl/N-ethyl adjacent to an activating group) is 1. The Hall–Kier alpha value is -1.40. The van der Waals surface area contributed by atoms with Crippen molar-refractivity contribution in [3.63, 3.8) is 0 Å². The van der Waals surface area contributed by atoms with Gasteiger partial charge in [-0.1, -0.05) is 0 Å². The molecule has 1 saturated heterocycles. The van der Waals surface area contributed by atoms with Crippen LogP contribution in [0.25, 0.3) is 0 Å². The van der Waals surface area contributed by atoms with Crippen LogP contribution in [0.4, 0.5) is 0 Å². The summed E-state index contributed by atoms with van der Waals surface area (Å²) >= 11 is 0. The fraction of sp³-hybridized carbons (Fsp3) is 0.692. The quantitative estimate of drug-likeness (QED) is 0.810. The van der Waals surface area contributed by atoms with E-state index >= 15 is 0 Å². The zero-order valence-corrected chi connectivity index (χ0v) is 11.8. The van der Waals surface area contributed by atoms with Gasteiger partial charge in [0.15, 0.2) is 0 Å². The molecule has 0 unspecified atom stereocenters. The highest BCUT2D eigenvalue weighted by atomic mass is 16.2. The zero-order chi connectivity index (χ0) is 13.7. The standard InChI is InChI=1S/C13H23N5O/c1-16(10-12-15-6-8-17(12)2)11-13(19)18-7-3-4-14-5-9-18/h6,8,14H,3-5,7,9-11H2,1-2H3. The number of rotatable bonds is 4. The second kappa shape index (κ2) is 6.68. The summed E-state index contributed by atoms with van der Waals surface area (Å²) < 4.78 is 1.98. The monoisotopic (exact) mass is 265 g/mol. The number of nitrogens with zero attached hydrogens (tertiary/aromatic N) is 4. The first-order valence-corrected chi connectivity index (χ1v) is 6.80. The van der Waals surface area contributed by atoms with Gasteiger partial charge in [0.1, 0.15) is 5.82 Å². The lowest BCUT2D eigenvalue weighted by Crippen LogP contribution is -2.40. The van der Waals surface area contributed by atoms with Crippen LogP contribution >= 0.6 is 0 Å². The maximum atomic E-state index is 12.2. The van der Waals surface area contributed by atoms with Gasteiger partial charge in [0.25, 0.3) is 0 Å². The van der Waals surface area contributed by atoms with Crippen LogP contribution in [0.2, 0.25) is 0 Å². The molecule has 0 spiro atoms. The molecule has 1 aromatic rings. The number of aryl methyl sites for hydroxylation is 1. The minimum Gasteiger partial charge on any atom is -0.340 e. The van der Waals surface area contributed by atoms with Crippen molar-refractivity contribution < 1.29 is 4.79 Å². The molecule has 1 fully saturated rings. The van der Waals surface area contributed by atoms with E-state index in [1.165, 1.54) is 0 Å². The second-order valence-electron chi connectivity index (χ2n) is 5.11. The van der Waals surface area contributed by atoms with Crippen molar-refractivity contribution in [2.45, 2.75) is 13.0 Å². The number of aromatic nitrogens is 2. The normalized spacial score (nSPS) is 16.7. The van der Waals surface area contributed by atoms with E-state index in [1.54, 1.807) is 6.20 Å². The van der Waals surface area contributed by atoms with Crippen LogP contribution in [0.15, 0.2) is 12.4 Å². The largest absolute Gasteiger partial charge is 0.340 e. The number of hydrogen-bond donors (Lipinski definition) is 1. The molecule has 1 aliphatic heterocycles. The first kappa shape index (κ1) is 14.0. The van der Waals surface area contributed by atoms with Gasteiger partial charge >= 0.3 is 0 Å². The van der Waals surface area contributed by atoms with Crippen LogP contribution in [0.5, 0.6) is 0 Å². The summed E-state index contributed by atoms with van der Waals surface area (Å²) in [6.07, 6.45) is 4.74. The number of carbonyl (C=O) groups excluding carboxylic acids is 1. The third-order valence-corrected chi connectivity index (χ3v) is 3.43. The van der Waals surface area contributed by atoms with Crippen molar-refractivity contribution in [1.82, 2.24) is 24.7 Å². The van der Waals surface area contributed by atoms with Gasteiger partial charge in [0, 0.05) is 39.1 Å². The van der Waals surface area contributed by atoms with Crippen molar-refractivity contribution in [3.05, 3.63) is 18.2 Å². The zero-order valence-electron chi connectivity index (χ0n) is 11.8. The maximum Gasteiger partial charge on any atom is 0.236 e. The predicted octanol–water partition coefficient (Wildman–Crippen LogP) is -0.326. The molecule has 1 N–H and O–H groups in total. The molecule has 1 aromatic heterocycles. The molecule has 2 rings (SSSR count). The van der Waals surface area contributed by atoms with Crippen LogP contribution in [0.1, 0.15) is 12.2 Å². The number of amides is 1. The van der Waals surface area contributed by atoms with E-state index in [-0.39, 0.29) is 5.91 Å². The molecule has 0 atom stereocenters. The van der Waals surface area contributed by atoms with Crippen molar-refractivity contribution in [2.75, 3.05) is 39.8 Å². The lowest BCUT2D eigenvalue weighted by atomic mass is 10.3. The molecule has 0 aromatic carbocycles. The molecule has 1 amide bonds. The van der Waals surface area contributed by atoms with E-state index in [0.717, 1.165) is 38.4 Å². The molecule has 6 nitrogen and oxygen atoms in total. The highest BCUT2D eigenvalue weighted by Crippen LogP contribution is 2.02. The van der Waals surface area contributed by atoms with E-state index in [1.807, 2.05) is 34.7 Å². The SMILES string of the molecule is CN(CC(=O)N1CCCNCC1)Cc1nccn1C. The van der Waals surface area contributed by atoms with E-state index in [2.05, 4.69) is 10.3 Å². The number of hydrogen-bond acceptors (Lipinski definition) is 4. The van der Waals surface area contributed by atoms with Gasteiger partial charge < -0.3 is 14.8 Å². The highest BCUT2D eigenvalue weighted by molar-refractivity contribution is 5.78. The van der Waals surface area contributed by atoms with Crippen molar-refractivity contribution >= 4 is 5.91 Å². The first-order valence-electron chi connectivity index (χ1n) is 6.80. The summed E-state index contributed by atoms with van der Waals surface area (Å²) in [4.78, 5) is 20.5. The third-order valence-electron chi connectivity index (χ3n) is 3.43. The Kier molecular flexibility index (Phi) is 4.93. The van der Waals surface area contributed by atoms with Gasteiger partial charge in [-0.3, -0.25) is 9.69 Å². The summed E-state index contributed by atoms with van der Waals surface area (Å²) in [5.41, 5.74) is 0. The molecule has 0 aliphatic carbocycles. The van der Waals surface area contributed by atoms with E-state index < -0.39 is 0 Å². The van der Waals surface area contributed by atoms with Crippen molar-refractivity contribution in [3.8, 4) is 0 Å². The summed E-state index contributed by atoms with van der Waals surface area (Å²) in [7, 11) is 3.93. The number of imidazole rings is 1. The van der Waals surface area contributed by atoms with Gasteiger partial charge in [-0.2, -0.15) is 0 Å². The summed E-state index contributed by atoms with van der Waals surface area (Å²) in [6, 6.07) is 0. The van der Waals surface area contributed by atoms with Gasteiger partial charge in [0.2, 0.25) is 5.91 Å². The molecule has 2 heterocycles. The second-order valence-corrected chi connectivity index (χ2v) is 5.11. The van der Waals surface area contributed by atoms with Crippen LogP contribution in [0.3, 0.4) is 0 Å². The molecule has 1 aliphatic rings. The van der Waals surface area contributed by atoms with E-state index in [0.29, 0.717) is 13.1 Å². The Bertz CT molecular complexity index is 409. The Labute approximate surface area is 114 Å². The third kappa shape index (κ3) is 4.04. The Balaban J connectivity index is 1.82. The number of carbonyl (C=O) groups is 1. The van der Waals surface area contributed by atoms with E-state index in [4.69, 9.17) is 0 Å². The molecular formula is C13H23N5O. The van der Waals surface area contributed by atoms with Gasteiger partial charge in [-0.15, -0.1) is 0 Å². The van der Waals surface area contributed by atoms with Gasteiger partial charge in [-0.25, -0.2) is 4.98 Å². The van der Waals surface area contributed by atoms with Crippen LogP contribution < -0.4 is 5.32 Å². The lowest BCUT2D eigenvalue weighted by Gasteiger charge is -2.23. The lowest BCUT2D eigenvalue weighted by molar-refractivity contribution is -0.132. The fourth-order valence-corrected chi connectivity index (χ4v) is 2.27. The Morgan fingerprint density at radius 2 is 2.32 bits per heavy atom. The minimum absolute atomic E-state index is 0.209. The van der Waals surface area contributed by atoms with Crippen LogP contribution in [-0.4, -0.2) is 65.0 Å². The molecular weight excluding hydrogens is 242 g/mol. The molecule has 0 bridgehead atoms. The van der Waals surface area contributed by atoms with Crippen molar-refractivity contribution in [2.24, 2.45) is 7.05 Å².